The molecule has 5 nitrogen and oxygen atoms in total. The van der Waals surface area contributed by atoms with Gasteiger partial charge in [0.2, 0.25) is 0 Å². The van der Waals surface area contributed by atoms with Crippen molar-refractivity contribution in [2.24, 2.45) is 5.92 Å². The van der Waals surface area contributed by atoms with Gasteiger partial charge in [-0.3, -0.25) is 4.79 Å². The second-order valence-corrected chi connectivity index (χ2v) is 7.80. The van der Waals surface area contributed by atoms with Crippen LogP contribution < -0.4 is 11.1 Å². The maximum Gasteiger partial charge on any atom is 0.267 e. The Kier molecular flexibility index (Phi) is 4.76. The van der Waals surface area contributed by atoms with Gasteiger partial charge in [-0.25, -0.2) is 4.98 Å². The summed E-state index contributed by atoms with van der Waals surface area (Å²) in [6, 6.07) is 0. The molecule has 1 fully saturated rings. The van der Waals surface area contributed by atoms with Crippen LogP contribution in [0.15, 0.2) is 0 Å². The van der Waals surface area contributed by atoms with E-state index in [1.54, 1.807) is 0 Å². The first kappa shape index (κ1) is 16.1. The van der Waals surface area contributed by atoms with E-state index in [4.69, 9.17) is 5.73 Å². The Morgan fingerprint density at radius 3 is 2.67 bits per heavy atom. The Bertz CT molecular complexity index is 502. The van der Waals surface area contributed by atoms with E-state index < -0.39 is 0 Å². The van der Waals surface area contributed by atoms with E-state index in [-0.39, 0.29) is 11.4 Å². The first-order valence-electron chi connectivity index (χ1n) is 7.64. The SMILES string of the molecule is CCCN(CC1CC1)C(=O)c1sc(NC(C)(C)C)nc1N. The van der Waals surface area contributed by atoms with Crippen molar-refractivity contribution < 1.29 is 4.79 Å². The molecule has 1 heterocycles. The molecule has 0 aromatic carbocycles. The number of carbonyl (C=O) groups is 1. The van der Waals surface area contributed by atoms with Crippen LogP contribution in [0.25, 0.3) is 0 Å². The molecule has 21 heavy (non-hydrogen) atoms. The topological polar surface area (TPSA) is 71.2 Å². The normalized spacial score (nSPS) is 15.0. The van der Waals surface area contributed by atoms with Gasteiger partial charge < -0.3 is 16.0 Å². The molecule has 0 unspecified atom stereocenters. The zero-order valence-corrected chi connectivity index (χ0v) is 14.2. The smallest absolute Gasteiger partial charge is 0.267 e. The number of aromatic nitrogens is 1. The van der Waals surface area contributed by atoms with Gasteiger partial charge in [0.25, 0.3) is 5.91 Å². The summed E-state index contributed by atoms with van der Waals surface area (Å²) < 4.78 is 0. The Balaban J connectivity index is 2.12. The van der Waals surface area contributed by atoms with Crippen molar-refractivity contribution in [3.05, 3.63) is 4.88 Å². The first-order chi connectivity index (χ1) is 9.80. The Hall–Kier alpha value is -1.30. The zero-order valence-electron chi connectivity index (χ0n) is 13.4. The summed E-state index contributed by atoms with van der Waals surface area (Å²) in [5.74, 6) is 1.05. The van der Waals surface area contributed by atoms with Crippen LogP contribution in [0.2, 0.25) is 0 Å². The number of rotatable bonds is 6. The van der Waals surface area contributed by atoms with Crippen LogP contribution in [-0.4, -0.2) is 34.4 Å². The van der Waals surface area contributed by atoms with Crippen molar-refractivity contribution in [3.63, 3.8) is 0 Å². The number of nitrogens with two attached hydrogens (primary N) is 1. The molecule has 0 spiro atoms. The van der Waals surface area contributed by atoms with Crippen LogP contribution >= 0.6 is 11.3 Å². The van der Waals surface area contributed by atoms with Crippen molar-refractivity contribution in [3.8, 4) is 0 Å². The van der Waals surface area contributed by atoms with Gasteiger partial charge in [0.05, 0.1) is 0 Å². The van der Waals surface area contributed by atoms with Gasteiger partial charge in [0.15, 0.2) is 5.13 Å². The maximum atomic E-state index is 12.7. The van der Waals surface area contributed by atoms with Gasteiger partial charge in [0.1, 0.15) is 10.7 Å². The monoisotopic (exact) mass is 310 g/mol. The van der Waals surface area contributed by atoms with Gasteiger partial charge in [0, 0.05) is 18.6 Å². The fourth-order valence-electron chi connectivity index (χ4n) is 2.16. The van der Waals surface area contributed by atoms with Gasteiger partial charge >= 0.3 is 0 Å². The summed E-state index contributed by atoms with van der Waals surface area (Å²) in [5, 5.41) is 3.99. The van der Waals surface area contributed by atoms with Crippen molar-refractivity contribution in [1.29, 1.82) is 0 Å². The average Bonchev–Trinajstić information content (AvgIpc) is 3.10. The average molecular weight is 310 g/mol. The van der Waals surface area contributed by atoms with Crippen molar-refractivity contribution in [1.82, 2.24) is 9.88 Å². The third-order valence-electron chi connectivity index (χ3n) is 3.29. The van der Waals surface area contributed by atoms with E-state index in [0.717, 1.165) is 19.5 Å². The fourth-order valence-corrected chi connectivity index (χ4v) is 3.22. The number of hydrogen-bond donors (Lipinski definition) is 2. The minimum absolute atomic E-state index is 0.0284. The van der Waals surface area contributed by atoms with Gasteiger partial charge in [-0.2, -0.15) is 0 Å². The lowest BCUT2D eigenvalue weighted by Gasteiger charge is -2.21. The second kappa shape index (κ2) is 6.22. The molecule has 0 saturated heterocycles. The predicted molar refractivity (Wildman–Crippen MR) is 88.8 cm³/mol. The van der Waals surface area contributed by atoms with E-state index in [0.29, 0.717) is 21.7 Å². The first-order valence-corrected chi connectivity index (χ1v) is 8.45. The van der Waals surface area contributed by atoms with Crippen LogP contribution in [0.5, 0.6) is 0 Å². The summed E-state index contributed by atoms with van der Waals surface area (Å²) in [4.78, 5) is 19.5. The second-order valence-electron chi connectivity index (χ2n) is 6.80. The highest BCUT2D eigenvalue weighted by molar-refractivity contribution is 7.18. The lowest BCUT2D eigenvalue weighted by molar-refractivity contribution is 0.0753. The highest BCUT2D eigenvalue weighted by atomic mass is 32.1. The number of amides is 1. The number of nitrogens with one attached hydrogen (secondary N) is 1. The van der Waals surface area contributed by atoms with Gasteiger partial charge in [-0.1, -0.05) is 18.3 Å². The number of hydrogen-bond acceptors (Lipinski definition) is 5. The molecule has 3 N–H and O–H groups in total. The third kappa shape index (κ3) is 4.59. The van der Waals surface area contributed by atoms with Gasteiger partial charge in [-0.15, -0.1) is 0 Å². The molecule has 0 atom stereocenters. The molecule has 1 saturated carbocycles. The van der Waals surface area contributed by atoms with E-state index in [1.165, 1.54) is 24.2 Å². The molecule has 0 radical (unpaired) electrons. The van der Waals surface area contributed by atoms with Crippen LogP contribution in [0, 0.1) is 5.92 Å². The number of thiazole rings is 1. The van der Waals surface area contributed by atoms with Crippen LogP contribution in [0.4, 0.5) is 10.9 Å². The molecule has 118 valence electrons. The van der Waals surface area contributed by atoms with Crippen LogP contribution in [0.3, 0.4) is 0 Å². The van der Waals surface area contributed by atoms with Gasteiger partial charge in [-0.05, 0) is 46.0 Å². The zero-order chi connectivity index (χ0) is 15.6. The summed E-state index contributed by atoms with van der Waals surface area (Å²) in [6.45, 7) is 9.91. The van der Waals surface area contributed by atoms with Crippen molar-refractivity contribution >= 4 is 28.2 Å². The van der Waals surface area contributed by atoms with Crippen molar-refractivity contribution in [2.45, 2.75) is 52.5 Å². The summed E-state index contributed by atoms with van der Waals surface area (Å²) in [5.41, 5.74) is 5.86. The van der Waals surface area contributed by atoms with Crippen LogP contribution in [0.1, 0.15) is 56.6 Å². The summed E-state index contributed by atoms with van der Waals surface area (Å²) in [7, 11) is 0. The van der Waals surface area contributed by atoms with E-state index in [1.807, 2.05) is 4.90 Å². The number of nitrogens with zero attached hydrogens (tertiary/aromatic N) is 2. The Morgan fingerprint density at radius 1 is 1.48 bits per heavy atom. The molecule has 6 heteroatoms. The highest BCUT2D eigenvalue weighted by Gasteiger charge is 2.29. The standard InChI is InChI=1S/C15H26N4OS/c1-5-8-19(9-10-6-7-10)13(20)11-12(16)17-14(21-11)18-15(2,3)4/h10H,5-9,16H2,1-4H3,(H,17,18). The fraction of sp³-hybridized carbons (Fsp3) is 0.733. The Morgan fingerprint density at radius 2 is 2.14 bits per heavy atom. The maximum absolute atomic E-state index is 12.7. The molecule has 2 rings (SSSR count). The number of nitrogen functional groups attached to an aromatic ring is 1. The number of anilines is 2. The van der Waals surface area contributed by atoms with E-state index >= 15 is 0 Å². The summed E-state index contributed by atoms with van der Waals surface area (Å²) >= 11 is 1.36. The highest BCUT2D eigenvalue weighted by Crippen LogP contribution is 2.32. The molecular formula is C15H26N4OS. The van der Waals surface area contributed by atoms with E-state index in [2.05, 4.69) is 38.0 Å². The quantitative estimate of drug-likeness (QED) is 0.846. The molecule has 1 aliphatic carbocycles. The minimum Gasteiger partial charge on any atom is -0.382 e. The molecule has 0 aliphatic heterocycles. The van der Waals surface area contributed by atoms with E-state index in [9.17, 15) is 4.79 Å². The molecule has 1 aliphatic rings. The molecular weight excluding hydrogens is 284 g/mol. The molecule has 1 aromatic rings. The minimum atomic E-state index is -0.0955. The van der Waals surface area contributed by atoms with Crippen LogP contribution in [-0.2, 0) is 0 Å². The van der Waals surface area contributed by atoms with Crippen molar-refractivity contribution in [2.75, 3.05) is 24.1 Å². The largest absolute Gasteiger partial charge is 0.382 e. The number of carbonyl (C=O) groups excluding carboxylic acids is 1. The summed E-state index contributed by atoms with van der Waals surface area (Å²) in [6.07, 6.45) is 3.44. The molecule has 1 aromatic heterocycles. The molecule has 1 amide bonds. The Labute approximate surface area is 130 Å². The molecule has 0 bridgehead atoms. The third-order valence-corrected chi connectivity index (χ3v) is 4.26. The lowest BCUT2D eigenvalue weighted by Crippen LogP contribution is -2.33. The lowest BCUT2D eigenvalue weighted by atomic mass is 10.1. The predicted octanol–water partition coefficient (Wildman–Crippen LogP) is 3.20.